The smallest absolute Gasteiger partial charge is 0.217 e. The lowest BCUT2D eigenvalue weighted by Crippen LogP contribution is -2.40. The molecule has 4 heteroatoms. The highest BCUT2D eigenvalue weighted by atomic mass is 32.2. The van der Waals surface area contributed by atoms with Gasteiger partial charge in [-0.05, 0) is 60.3 Å². The predicted molar refractivity (Wildman–Crippen MR) is 114 cm³/mol. The maximum absolute atomic E-state index is 11.1. The van der Waals surface area contributed by atoms with Crippen molar-refractivity contribution in [1.29, 1.82) is 5.41 Å². The van der Waals surface area contributed by atoms with Gasteiger partial charge >= 0.3 is 0 Å². The fourth-order valence-corrected chi connectivity index (χ4v) is 3.35. The molecule has 1 atom stereocenters. The number of allylic oxidation sites excluding steroid dienone is 5. The van der Waals surface area contributed by atoms with Crippen molar-refractivity contribution in [3.8, 4) is 0 Å². The molecular formula is C21H36N2OS. The van der Waals surface area contributed by atoms with Crippen LogP contribution in [0.15, 0.2) is 34.9 Å². The summed E-state index contributed by atoms with van der Waals surface area (Å²) in [7, 11) is 0. The minimum absolute atomic E-state index is 0.0735. The molecule has 0 heterocycles. The second-order valence-corrected chi connectivity index (χ2v) is 8.01. The number of nitrogens with one attached hydrogen (secondary N) is 2. The van der Waals surface area contributed by atoms with Crippen LogP contribution in [0.4, 0.5) is 0 Å². The molecule has 25 heavy (non-hydrogen) atoms. The molecule has 0 bridgehead atoms. The summed E-state index contributed by atoms with van der Waals surface area (Å²) in [6, 6.07) is -0.150. The zero-order chi connectivity index (χ0) is 19.2. The number of hydrogen-bond donors (Lipinski definition) is 2. The minimum atomic E-state index is -0.150. The Morgan fingerprint density at radius 1 is 0.960 bits per heavy atom. The Hall–Kier alpha value is -1.29. The molecule has 0 aromatic heterocycles. The molecule has 0 aromatic rings. The Kier molecular flexibility index (Phi) is 13.2. The van der Waals surface area contributed by atoms with Crippen molar-refractivity contribution in [3.63, 3.8) is 0 Å². The highest BCUT2D eigenvalue weighted by Crippen LogP contribution is 2.13. The van der Waals surface area contributed by atoms with E-state index in [1.54, 1.807) is 18.7 Å². The normalized spacial score (nSPS) is 13.4. The lowest BCUT2D eigenvalue weighted by molar-refractivity contribution is -0.119. The van der Waals surface area contributed by atoms with Crippen LogP contribution in [0.1, 0.15) is 67.2 Å². The third kappa shape index (κ3) is 14.7. The fraction of sp³-hybridized carbons (Fsp3) is 0.619. The summed E-state index contributed by atoms with van der Waals surface area (Å²) in [5.74, 6) is 1.61. The van der Waals surface area contributed by atoms with Gasteiger partial charge in [0.05, 0.1) is 6.04 Å². The van der Waals surface area contributed by atoms with E-state index in [1.165, 1.54) is 23.6 Å². The second kappa shape index (κ2) is 13.9. The van der Waals surface area contributed by atoms with Crippen LogP contribution in [-0.4, -0.2) is 29.2 Å². The van der Waals surface area contributed by atoms with Gasteiger partial charge in [-0.1, -0.05) is 34.9 Å². The zero-order valence-electron chi connectivity index (χ0n) is 16.9. The average Bonchev–Trinajstić information content (AvgIpc) is 2.49. The van der Waals surface area contributed by atoms with E-state index in [9.17, 15) is 4.79 Å². The van der Waals surface area contributed by atoms with Crippen molar-refractivity contribution in [2.24, 2.45) is 0 Å². The molecule has 0 spiro atoms. The van der Waals surface area contributed by atoms with E-state index in [-0.39, 0.29) is 11.9 Å². The van der Waals surface area contributed by atoms with Gasteiger partial charge in [-0.15, -0.1) is 0 Å². The van der Waals surface area contributed by atoms with Gasteiger partial charge in [-0.3, -0.25) is 4.79 Å². The number of thioether (sulfide) groups is 1. The predicted octanol–water partition coefficient (Wildman–Crippen LogP) is 5.68. The number of hydrogen-bond acceptors (Lipinski definition) is 3. The lowest BCUT2D eigenvalue weighted by Gasteiger charge is -2.15. The zero-order valence-corrected chi connectivity index (χ0v) is 17.7. The first-order valence-electron chi connectivity index (χ1n) is 9.06. The molecule has 0 unspecified atom stereocenters. The van der Waals surface area contributed by atoms with Crippen LogP contribution in [-0.2, 0) is 4.79 Å². The van der Waals surface area contributed by atoms with Gasteiger partial charge in [0, 0.05) is 24.1 Å². The summed E-state index contributed by atoms with van der Waals surface area (Å²) < 4.78 is 0. The number of rotatable bonds is 12. The fourth-order valence-electron chi connectivity index (χ4n) is 2.25. The summed E-state index contributed by atoms with van der Waals surface area (Å²) >= 11 is 1.76. The van der Waals surface area contributed by atoms with E-state index < -0.39 is 0 Å². The van der Waals surface area contributed by atoms with E-state index in [4.69, 9.17) is 5.41 Å². The molecule has 0 saturated carbocycles. The summed E-state index contributed by atoms with van der Waals surface area (Å²) in [4.78, 5) is 11.1. The molecule has 0 aliphatic rings. The summed E-state index contributed by atoms with van der Waals surface area (Å²) in [6.07, 6.45) is 11.4. The van der Waals surface area contributed by atoms with Gasteiger partial charge in [-0.2, -0.15) is 11.8 Å². The molecule has 0 aromatic carbocycles. The topological polar surface area (TPSA) is 53.0 Å². The molecule has 142 valence electrons. The van der Waals surface area contributed by atoms with Crippen molar-refractivity contribution < 1.29 is 4.79 Å². The van der Waals surface area contributed by atoms with Crippen LogP contribution in [0, 0.1) is 5.41 Å². The molecule has 0 aliphatic heterocycles. The number of carbonyl (C=O) groups is 1. The molecule has 1 amide bonds. The van der Waals surface area contributed by atoms with Crippen LogP contribution >= 0.6 is 11.8 Å². The Labute approximate surface area is 158 Å². The first kappa shape index (κ1) is 23.7. The Balaban J connectivity index is 4.07. The molecule has 0 aliphatic carbocycles. The van der Waals surface area contributed by atoms with E-state index in [0.717, 1.165) is 37.2 Å². The first-order chi connectivity index (χ1) is 11.7. The van der Waals surface area contributed by atoms with Crippen molar-refractivity contribution in [1.82, 2.24) is 5.32 Å². The number of amides is 1. The van der Waals surface area contributed by atoms with Crippen molar-refractivity contribution in [3.05, 3.63) is 34.9 Å². The molecular weight excluding hydrogens is 328 g/mol. The van der Waals surface area contributed by atoms with Gasteiger partial charge in [-0.25, -0.2) is 0 Å². The molecule has 3 nitrogen and oxygen atoms in total. The Bertz CT molecular complexity index is 514. The van der Waals surface area contributed by atoms with Crippen LogP contribution < -0.4 is 5.32 Å². The van der Waals surface area contributed by atoms with E-state index >= 15 is 0 Å². The summed E-state index contributed by atoms with van der Waals surface area (Å²) in [5.41, 5.74) is 4.78. The maximum Gasteiger partial charge on any atom is 0.217 e. The van der Waals surface area contributed by atoms with Crippen LogP contribution in [0.25, 0.3) is 0 Å². The van der Waals surface area contributed by atoms with E-state index in [1.807, 2.05) is 0 Å². The Morgan fingerprint density at radius 3 is 2.04 bits per heavy atom. The van der Waals surface area contributed by atoms with E-state index in [2.05, 4.69) is 51.2 Å². The third-order valence-electron chi connectivity index (χ3n) is 3.86. The second-order valence-electron chi connectivity index (χ2n) is 6.93. The highest BCUT2D eigenvalue weighted by molar-refractivity contribution is 7.99. The molecule has 0 radical (unpaired) electrons. The number of carbonyl (C=O) groups excluding carboxylic acids is 1. The van der Waals surface area contributed by atoms with Gasteiger partial charge in [0.15, 0.2) is 0 Å². The molecule has 2 N–H and O–H groups in total. The van der Waals surface area contributed by atoms with Gasteiger partial charge < -0.3 is 10.7 Å². The lowest BCUT2D eigenvalue weighted by atomic mass is 10.1. The first-order valence-corrected chi connectivity index (χ1v) is 10.2. The monoisotopic (exact) mass is 364 g/mol. The average molecular weight is 365 g/mol. The molecule has 0 saturated heterocycles. The maximum atomic E-state index is 11.1. The van der Waals surface area contributed by atoms with Crippen LogP contribution in [0.2, 0.25) is 0 Å². The van der Waals surface area contributed by atoms with Crippen molar-refractivity contribution >= 4 is 23.4 Å². The summed E-state index contributed by atoms with van der Waals surface area (Å²) in [5, 5.41) is 10.5. The molecule has 0 rings (SSSR count). The van der Waals surface area contributed by atoms with E-state index in [0.29, 0.717) is 5.71 Å². The van der Waals surface area contributed by atoms with Crippen molar-refractivity contribution in [2.45, 2.75) is 73.3 Å². The van der Waals surface area contributed by atoms with Gasteiger partial charge in [0.2, 0.25) is 5.91 Å². The van der Waals surface area contributed by atoms with Crippen LogP contribution in [0.3, 0.4) is 0 Å². The Morgan fingerprint density at radius 2 is 1.52 bits per heavy atom. The van der Waals surface area contributed by atoms with Gasteiger partial charge in [0.25, 0.3) is 0 Å². The molecule has 0 fully saturated rings. The van der Waals surface area contributed by atoms with Crippen LogP contribution in [0.5, 0.6) is 0 Å². The SMILES string of the molecule is CC(=N)[C@@H](CSC/C=C(\C)CC/C=C(\C)CCC=C(C)C)NC(C)=O. The summed E-state index contributed by atoms with van der Waals surface area (Å²) in [6.45, 7) is 11.9. The quantitative estimate of drug-likeness (QED) is 0.266. The van der Waals surface area contributed by atoms with Gasteiger partial charge in [0.1, 0.15) is 0 Å². The third-order valence-corrected chi connectivity index (χ3v) is 4.83. The minimum Gasteiger partial charge on any atom is -0.348 e. The highest BCUT2D eigenvalue weighted by Gasteiger charge is 2.11. The van der Waals surface area contributed by atoms with Crippen molar-refractivity contribution in [2.75, 3.05) is 11.5 Å². The largest absolute Gasteiger partial charge is 0.348 e. The standard InChI is InChI=1S/C21H36N2OS/c1-16(2)9-7-10-17(3)11-8-12-18(4)13-14-25-15-21(19(5)22)23-20(6)24/h9,11,13,21-22H,7-8,10,12,14-15H2,1-6H3,(H,23,24)/b17-11+,18-13+,22-19?/t21-/m1/s1.